The molecule has 2 aromatic rings. The molecule has 0 aliphatic heterocycles. The molecular formula is C20H23N3O3S. The molecule has 0 atom stereocenters. The van der Waals surface area contributed by atoms with Crippen molar-refractivity contribution in [3.8, 4) is 5.75 Å². The third kappa shape index (κ3) is 6.71. The molecule has 0 heterocycles. The number of thiocarbonyl (C=S) groups is 1. The Hall–Kier alpha value is -2.93. The number of nitrogens with one attached hydrogen (secondary N) is 3. The van der Waals surface area contributed by atoms with Crippen LogP contribution in [0.5, 0.6) is 5.75 Å². The lowest BCUT2D eigenvalue weighted by Crippen LogP contribution is -2.33. The zero-order valence-corrected chi connectivity index (χ0v) is 16.2. The molecule has 0 saturated carbocycles. The molecule has 27 heavy (non-hydrogen) atoms. The van der Waals surface area contributed by atoms with Gasteiger partial charge in [0, 0.05) is 23.4 Å². The fourth-order valence-corrected chi connectivity index (χ4v) is 2.40. The first-order valence-corrected chi connectivity index (χ1v) is 9.17. The van der Waals surface area contributed by atoms with Gasteiger partial charge in [-0.05, 0) is 61.1 Å². The van der Waals surface area contributed by atoms with Gasteiger partial charge in [-0.15, -0.1) is 0 Å². The molecule has 0 bridgehead atoms. The predicted molar refractivity (Wildman–Crippen MR) is 111 cm³/mol. The number of hydrogen-bond donors (Lipinski definition) is 3. The van der Waals surface area contributed by atoms with E-state index in [-0.39, 0.29) is 16.9 Å². The summed E-state index contributed by atoms with van der Waals surface area (Å²) in [6.45, 7) is 4.39. The fourth-order valence-electron chi connectivity index (χ4n) is 2.16. The van der Waals surface area contributed by atoms with Crippen LogP contribution in [0.25, 0.3) is 0 Å². The number of carbonyl (C=O) groups excluding carboxylic acids is 2. The fraction of sp³-hybridized carbons (Fsp3) is 0.250. The van der Waals surface area contributed by atoms with Gasteiger partial charge >= 0.3 is 0 Å². The second kappa shape index (κ2) is 10.3. The van der Waals surface area contributed by atoms with Crippen LogP contribution < -0.4 is 20.7 Å². The molecule has 7 heteroatoms. The molecule has 0 spiro atoms. The molecule has 142 valence electrons. The standard InChI is InChI=1S/C20H23N3O3S/c1-3-12-26-17-7-5-6-14(13-17)19(25)21-15-8-10-16(11-9-15)22-20(27)23-18(24)4-2/h5-11,13H,3-4,12H2,1-2H3,(H,21,25)(H2,22,23,24,27). The van der Waals surface area contributed by atoms with E-state index in [9.17, 15) is 9.59 Å². The van der Waals surface area contributed by atoms with E-state index in [0.717, 1.165) is 6.42 Å². The van der Waals surface area contributed by atoms with Crippen molar-refractivity contribution in [3.63, 3.8) is 0 Å². The van der Waals surface area contributed by atoms with E-state index in [1.807, 2.05) is 13.0 Å². The topological polar surface area (TPSA) is 79.5 Å². The quantitative estimate of drug-likeness (QED) is 0.629. The summed E-state index contributed by atoms with van der Waals surface area (Å²) in [4.78, 5) is 23.7. The SMILES string of the molecule is CCCOc1cccc(C(=O)Nc2ccc(NC(=S)NC(=O)CC)cc2)c1. The summed E-state index contributed by atoms with van der Waals surface area (Å²) in [7, 11) is 0. The van der Waals surface area contributed by atoms with Crippen LogP contribution in [-0.2, 0) is 4.79 Å². The van der Waals surface area contributed by atoms with Gasteiger partial charge in [-0.25, -0.2) is 0 Å². The summed E-state index contributed by atoms with van der Waals surface area (Å²) in [6.07, 6.45) is 1.26. The smallest absolute Gasteiger partial charge is 0.255 e. The van der Waals surface area contributed by atoms with Gasteiger partial charge in [-0.3, -0.25) is 9.59 Å². The van der Waals surface area contributed by atoms with Gasteiger partial charge in [0.25, 0.3) is 5.91 Å². The van der Waals surface area contributed by atoms with Crippen LogP contribution in [0.3, 0.4) is 0 Å². The molecule has 3 N–H and O–H groups in total. The van der Waals surface area contributed by atoms with E-state index in [4.69, 9.17) is 17.0 Å². The molecule has 0 aliphatic carbocycles. The summed E-state index contributed by atoms with van der Waals surface area (Å²) in [5.41, 5.74) is 1.88. The Balaban J connectivity index is 1.94. The van der Waals surface area contributed by atoms with Crippen molar-refractivity contribution < 1.29 is 14.3 Å². The van der Waals surface area contributed by atoms with Gasteiger partial charge in [-0.1, -0.05) is 19.9 Å². The van der Waals surface area contributed by atoms with Crippen LogP contribution >= 0.6 is 12.2 Å². The average molecular weight is 385 g/mol. The van der Waals surface area contributed by atoms with Crippen LogP contribution in [0.15, 0.2) is 48.5 Å². The minimum Gasteiger partial charge on any atom is -0.494 e. The van der Waals surface area contributed by atoms with E-state index in [2.05, 4.69) is 16.0 Å². The first kappa shape index (κ1) is 20.4. The molecule has 2 aromatic carbocycles. The first-order chi connectivity index (χ1) is 13.0. The zero-order chi connectivity index (χ0) is 19.6. The lowest BCUT2D eigenvalue weighted by atomic mass is 10.2. The number of carbonyl (C=O) groups is 2. The van der Waals surface area contributed by atoms with E-state index in [1.54, 1.807) is 49.4 Å². The Morgan fingerprint density at radius 3 is 2.30 bits per heavy atom. The summed E-state index contributed by atoms with van der Waals surface area (Å²) in [5, 5.41) is 8.56. The van der Waals surface area contributed by atoms with E-state index < -0.39 is 0 Å². The highest BCUT2D eigenvalue weighted by atomic mass is 32.1. The summed E-state index contributed by atoms with van der Waals surface area (Å²) in [6, 6.07) is 14.1. The highest BCUT2D eigenvalue weighted by Gasteiger charge is 2.08. The molecule has 2 rings (SSSR count). The molecule has 0 aromatic heterocycles. The minimum atomic E-state index is -0.219. The highest BCUT2D eigenvalue weighted by molar-refractivity contribution is 7.80. The number of hydrogen-bond acceptors (Lipinski definition) is 4. The van der Waals surface area contributed by atoms with Crippen LogP contribution in [0, 0.1) is 0 Å². The Morgan fingerprint density at radius 2 is 1.67 bits per heavy atom. The number of benzene rings is 2. The van der Waals surface area contributed by atoms with Gasteiger partial charge in [0.2, 0.25) is 5.91 Å². The second-order valence-electron chi connectivity index (χ2n) is 5.76. The van der Waals surface area contributed by atoms with E-state index >= 15 is 0 Å². The van der Waals surface area contributed by atoms with Crippen molar-refractivity contribution in [1.82, 2.24) is 5.32 Å². The van der Waals surface area contributed by atoms with Crippen molar-refractivity contribution >= 4 is 40.5 Å². The lowest BCUT2D eigenvalue weighted by molar-refractivity contribution is -0.119. The molecule has 0 unspecified atom stereocenters. The molecule has 0 aliphatic rings. The van der Waals surface area contributed by atoms with Crippen LogP contribution in [0.1, 0.15) is 37.0 Å². The van der Waals surface area contributed by atoms with Gasteiger partial charge in [0.05, 0.1) is 6.61 Å². The Morgan fingerprint density at radius 1 is 1.00 bits per heavy atom. The first-order valence-electron chi connectivity index (χ1n) is 8.77. The van der Waals surface area contributed by atoms with Gasteiger partial charge in [0.1, 0.15) is 5.75 Å². The molecule has 0 radical (unpaired) electrons. The lowest BCUT2D eigenvalue weighted by Gasteiger charge is -2.11. The maximum Gasteiger partial charge on any atom is 0.255 e. The predicted octanol–water partition coefficient (Wildman–Crippen LogP) is 3.95. The Labute approximate surface area is 164 Å². The molecular weight excluding hydrogens is 362 g/mol. The van der Waals surface area contributed by atoms with Crippen molar-refractivity contribution in [2.45, 2.75) is 26.7 Å². The maximum absolute atomic E-state index is 12.4. The third-order valence-electron chi connectivity index (χ3n) is 3.54. The van der Waals surface area contributed by atoms with Crippen molar-refractivity contribution in [2.75, 3.05) is 17.2 Å². The number of amides is 2. The van der Waals surface area contributed by atoms with Gasteiger partial charge in [0.15, 0.2) is 5.11 Å². The average Bonchev–Trinajstić information content (AvgIpc) is 2.67. The summed E-state index contributed by atoms with van der Waals surface area (Å²) in [5.74, 6) is 0.302. The molecule has 0 saturated heterocycles. The highest BCUT2D eigenvalue weighted by Crippen LogP contribution is 2.17. The van der Waals surface area contributed by atoms with E-state index in [0.29, 0.717) is 35.7 Å². The zero-order valence-electron chi connectivity index (χ0n) is 15.4. The van der Waals surface area contributed by atoms with Crippen LogP contribution in [-0.4, -0.2) is 23.5 Å². The summed E-state index contributed by atoms with van der Waals surface area (Å²) < 4.78 is 5.55. The molecule has 0 fully saturated rings. The normalized spacial score (nSPS) is 10.0. The Bertz CT molecular complexity index is 806. The molecule has 6 nitrogen and oxygen atoms in total. The monoisotopic (exact) mass is 385 g/mol. The minimum absolute atomic E-state index is 0.151. The second-order valence-corrected chi connectivity index (χ2v) is 6.17. The van der Waals surface area contributed by atoms with Crippen LogP contribution in [0.2, 0.25) is 0 Å². The third-order valence-corrected chi connectivity index (χ3v) is 3.75. The van der Waals surface area contributed by atoms with Gasteiger partial charge < -0.3 is 20.7 Å². The number of anilines is 2. The number of rotatable bonds is 7. The molecule has 2 amide bonds. The van der Waals surface area contributed by atoms with Crippen molar-refractivity contribution in [3.05, 3.63) is 54.1 Å². The van der Waals surface area contributed by atoms with Crippen molar-refractivity contribution in [2.24, 2.45) is 0 Å². The van der Waals surface area contributed by atoms with Gasteiger partial charge in [-0.2, -0.15) is 0 Å². The van der Waals surface area contributed by atoms with E-state index in [1.165, 1.54) is 0 Å². The van der Waals surface area contributed by atoms with Crippen LogP contribution in [0.4, 0.5) is 11.4 Å². The van der Waals surface area contributed by atoms with Crippen molar-refractivity contribution in [1.29, 1.82) is 0 Å². The summed E-state index contributed by atoms with van der Waals surface area (Å²) >= 11 is 5.06. The largest absolute Gasteiger partial charge is 0.494 e. The maximum atomic E-state index is 12.4. The number of ether oxygens (including phenoxy) is 1. The Kier molecular flexibility index (Phi) is 7.76.